The average Bonchev–Trinajstić information content (AvgIpc) is 2.67. The average molecular weight is 396 g/mol. The third-order valence-electron chi connectivity index (χ3n) is 5.44. The molecule has 0 atom stereocenters. The molecule has 0 N–H and O–H groups in total. The lowest BCUT2D eigenvalue weighted by atomic mass is 9.80. The lowest BCUT2D eigenvalue weighted by Crippen LogP contribution is -2.18. The van der Waals surface area contributed by atoms with E-state index in [1.54, 1.807) is 12.1 Å². The van der Waals surface area contributed by atoms with Gasteiger partial charge in [-0.05, 0) is 57.5 Å². The van der Waals surface area contributed by atoms with Crippen molar-refractivity contribution in [2.45, 2.75) is 52.4 Å². The summed E-state index contributed by atoms with van der Waals surface area (Å²) in [6.07, 6.45) is 0. The van der Waals surface area contributed by atoms with Crippen molar-refractivity contribution in [3.05, 3.63) is 58.7 Å². The van der Waals surface area contributed by atoms with E-state index in [4.69, 9.17) is 9.47 Å². The molecule has 0 aromatic heterocycles. The molecular weight excluding hydrogens is 372 g/mol. The van der Waals surface area contributed by atoms with Crippen LogP contribution in [0, 0.1) is 22.7 Å². The first kappa shape index (κ1) is 19.8. The fourth-order valence-corrected chi connectivity index (χ4v) is 3.65. The van der Waals surface area contributed by atoms with Crippen molar-refractivity contribution >= 4 is 10.8 Å². The van der Waals surface area contributed by atoms with Crippen molar-refractivity contribution in [3.63, 3.8) is 0 Å². The highest BCUT2D eigenvalue weighted by atomic mass is 16.6. The fraction of sp³-hybridized carbons (Fsp3) is 0.308. The lowest BCUT2D eigenvalue weighted by molar-refractivity contribution is 0.349. The standard InChI is InChI=1S/C26H24N2O2/c1-25(2,3)19-11-20(26(4,5)6)24-23(12-19)29-21-9-15-7-17(13-27)18(14-28)8-16(15)10-22(21)30-24/h7-12H,1-6H3. The normalized spacial score (nSPS) is 12.8. The molecule has 1 aliphatic heterocycles. The molecule has 0 radical (unpaired) electrons. The Hall–Kier alpha value is -3.50. The first-order chi connectivity index (χ1) is 14.0. The summed E-state index contributed by atoms with van der Waals surface area (Å²) >= 11 is 0. The molecule has 150 valence electrons. The van der Waals surface area contributed by atoms with Gasteiger partial charge in [-0.2, -0.15) is 10.5 Å². The monoisotopic (exact) mass is 396 g/mol. The van der Waals surface area contributed by atoms with Gasteiger partial charge in [0, 0.05) is 5.56 Å². The van der Waals surface area contributed by atoms with Crippen molar-refractivity contribution in [1.82, 2.24) is 0 Å². The molecule has 4 nitrogen and oxygen atoms in total. The number of fused-ring (bicyclic) bond motifs is 3. The van der Waals surface area contributed by atoms with Crippen LogP contribution in [0.5, 0.6) is 23.0 Å². The number of hydrogen-bond donors (Lipinski definition) is 0. The van der Waals surface area contributed by atoms with Crippen molar-refractivity contribution < 1.29 is 9.47 Å². The summed E-state index contributed by atoms with van der Waals surface area (Å²) < 4.78 is 12.7. The second-order valence-corrected chi connectivity index (χ2v) is 9.82. The molecule has 0 aliphatic carbocycles. The van der Waals surface area contributed by atoms with Gasteiger partial charge in [0.2, 0.25) is 0 Å². The maximum Gasteiger partial charge on any atom is 0.173 e. The zero-order chi connectivity index (χ0) is 21.8. The van der Waals surface area contributed by atoms with Gasteiger partial charge in [-0.25, -0.2) is 0 Å². The van der Waals surface area contributed by atoms with E-state index in [9.17, 15) is 10.5 Å². The quantitative estimate of drug-likeness (QED) is 0.319. The van der Waals surface area contributed by atoms with Crippen LogP contribution < -0.4 is 9.47 Å². The minimum absolute atomic E-state index is 0.0303. The van der Waals surface area contributed by atoms with Crippen LogP contribution in [0.3, 0.4) is 0 Å². The number of benzene rings is 3. The van der Waals surface area contributed by atoms with Crippen LogP contribution in [0.2, 0.25) is 0 Å². The Kier molecular flexibility index (Phi) is 4.29. The van der Waals surface area contributed by atoms with Gasteiger partial charge in [-0.3, -0.25) is 0 Å². The summed E-state index contributed by atoms with van der Waals surface area (Å²) in [5.41, 5.74) is 2.83. The molecule has 0 saturated carbocycles. The molecular formula is C26H24N2O2. The van der Waals surface area contributed by atoms with Gasteiger partial charge >= 0.3 is 0 Å². The molecule has 0 fully saturated rings. The number of nitrogens with zero attached hydrogens (tertiary/aromatic N) is 2. The molecule has 0 bridgehead atoms. The van der Waals surface area contributed by atoms with Gasteiger partial charge in [0.15, 0.2) is 23.0 Å². The van der Waals surface area contributed by atoms with E-state index < -0.39 is 0 Å². The maximum atomic E-state index is 9.34. The third kappa shape index (κ3) is 3.25. The van der Waals surface area contributed by atoms with Gasteiger partial charge in [-0.15, -0.1) is 0 Å². The Morgan fingerprint density at radius 1 is 0.633 bits per heavy atom. The minimum Gasteiger partial charge on any atom is -0.449 e. The molecule has 4 rings (SSSR count). The van der Waals surface area contributed by atoms with E-state index in [0.717, 1.165) is 22.1 Å². The van der Waals surface area contributed by atoms with E-state index in [1.807, 2.05) is 12.1 Å². The predicted molar refractivity (Wildman–Crippen MR) is 117 cm³/mol. The Balaban J connectivity index is 1.92. The summed E-state index contributed by atoms with van der Waals surface area (Å²) in [5.74, 6) is 2.65. The van der Waals surface area contributed by atoms with Gasteiger partial charge in [0.05, 0.1) is 11.1 Å². The van der Waals surface area contributed by atoms with Crippen molar-refractivity contribution in [1.29, 1.82) is 10.5 Å². The predicted octanol–water partition coefficient (Wildman–Crippen LogP) is 7.08. The van der Waals surface area contributed by atoms with Crippen LogP contribution in [-0.2, 0) is 10.8 Å². The largest absolute Gasteiger partial charge is 0.449 e. The molecule has 1 aliphatic rings. The SMILES string of the molecule is CC(C)(C)c1cc2c(c(C(C)(C)C)c1)Oc1cc3cc(C#N)c(C#N)cc3cc1O2. The van der Waals surface area contributed by atoms with Crippen LogP contribution in [0.15, 0.2) is 36.4 Å². The second kappa shape index (κ2) is 6.51. The molecule has 3 aromatic carbocycles. The molecule has 30 heavy (non-hydrogen) atoms. The maximum absolute atomic E-state index is 9.34. The van der Waals surface area contributed by atoms with Gasteiger partial charge in [-0.1, -0.05) is 47.6 Å². The van der Waals surface area contributed by atoms with Crippen LogP contribution >= 0.6 is 0 Å². The highest BCUT2D eigenvalue weighted by Crippen LogP contribution is 2.52. The first-order valence-corrected chi connectivity index (χ1v) is 9.98. The van der Waals surface area contributed by atoms with Crippen LogP contribution in [0.4, 0.5) is 0 Å². The first-order valence-electron chi connectivity index (χ1n) is 9.98. The van der Waals surface area contributed by atoms with Crippen molar-refractivity contribution in [3.8, 4) is 35.1 Å². The number of hydrogen-bond acceptors (Lipinski definition) is 4. The number of nitriles is 2. The zero-order valence-electron chi connectivity index (χ0n) is 18.2. The number of rotatable bonds is 0. The van der Waals surface area contributed by atoms with E-state index in [1.165, 1.54) is 5.56 Å². The van der Waals surface area contributed by atoms with Crippen LogP contribution in [0.1, 0.15) is 63.8 Å². The summed E-state index contributed by atoms with van der Waals surface area (Å²) in [5, 5.41) is 20.3. The Morgan fingerprint density at radius 2 is 1.17 bits per heavy atom. The summed E-state index contributed by atoms with van der Waals surface area (Å²) in [4.78, 5) is 0. The van der Waals surface area contributed by atoms with Gasteiger partial charge in [0.1, 0.15) is 12.1 Å². The smallest absolute Gasteiger partial charge is 0.173 e. The topological polar surface area (TPSA) is 66.0 Å². The van der Waals surface area contributed by atoms with E-state index >= 15 is 0 Å². The molecule has 0 amide bonds. The molecule has 4 heteroatoms. The van der Waals surface area contributed by atoms with Gasteiger partial charge in [0.25, 0.3) is 0 Å². The lowest BCUT2D eigenvalue weighted by Gasteiger charge is -2.31. The fourth-order valence-electron chi connectivity index (χ4n) is 3.65. The minimum atomic E-state index is -0.126. The van der Waals surface area contributed by atoms with E-state index in [0.29, 0.717) is 28.4 Å². The van der Waals surface area contributed by atoms with Crippen molar-refractivity contribution in [2.24, 2.45) is 0 Å². The van der Waals surface area contributed by atoms with Gasteiger partial charge < -0.3 is 9.47 Å². The Morgan fingerprint density at radius 3 is 1.63 bits per heavy atom. The van der Waals surface area contributed by atoms with Crippen LogP contribution in [-0.4, -0.2) is 0 Å². The van der Waals surface area contributed by atoms with Crippen molar-refractivity contribution in [2.75, 3.05) is 0 Å². The highest BCUT2D eigenvalue weighted by Gasteiger charge is 2.30. The molecule has 1 heterocycles. The molecule has 0 saturated heterocycles. The molecule has 0 spiro atoms. The van der Waals surface area contributed by atoms with E-state index in [-0.39, 0.29) is 10.8 Å². The highest BCUT2D eigenvalue weighted by molar-refractivity contribution is 5.89. The summed E-state index contributed by atoms with van der Waals surface area (Å²) in [6, 6.07) is 15.6. The zero-order valence-corrected chi connectivity index (χ0v) is 18.2. The second-order valence-electron chi connectivity index (χ2n) is 9.82. The Labute approximate surface area is 177 Å². The summed E-state index contributed by atoms with van der Waals surface area (Å²) in [6.45, 7) is 13.0. The van der Waals surface area contributed by atoms with Crippen LogP contribution in [0.25, 0.3) is 10.8 Å². The molecule has 0 unspecified atom stereocenters. The van der Waals surface area contributed by atoms with E-state index in [2.05, 4.69) is 65.8 Å². The molecule has 3 aromatic rings. The summed E-state index contributed by atoms with van der Waals surface area (Å²) in [7, 11) is 0. The Bertz CT molecular complexity index is 1280. The number of ether oxygens (including phenoxy) is 2. The third-order valence-corrected chi connectivity index (χ3v) is 5.44.